The SMILES string of the molecule is CC.COc1ccc(CN2Cc3nc(-c4c(F)cccc4F)nc(Nc4ccc(C5CC(C)(C)NC5=O)cc4)c3C2=O)c(OC)c1. The maximum atomic E-state index is 14.8. The van der Waals surface area contributed by atoms with Crippen molar-refractivity contribution in [3.8, 4) is 22.9 Å². The van der Waals surface area contributed by atoms with E-state index in [2.05, 4.69) is 20.6 Å². The summed E-state index contributed by atoms with van der Waals surface area (Å²) in [4.78, 5) is 36.8. The lowest BCUT2D eigenvalue weighted by Gasteiger charge is -2.18. The van der Waals surface area contributed by atoms with E-state index in [1.54, 1.807) is 36.3 Å². The van der Waals surface area contributed by atoms with E-state index in [0.29, 0.717) is 29.3 Å². The Morgan fingerprint density at radius 3 is 2.26 bits per heavy atom. The van der Waals surface area contributed by atoms with Gasteiger partial charge in [-0.3, -0.25) is 9.59 Å². The van der Waals surface area contributed by atoms with Crippen molar-refractivity contribution in [2.75, 3.05) is 19.5 Å². The van der Waals surface area contributed by atoms with Crippen molar-refractivity contribution in [2.45, 2.75) is 58.7 Å². The van der Waals surface area contributed by atoms with Crippen LogP contribution in [0.4, 0.5) is 20.3 Å². The average Bonchev–Trinajstić information content (AvgIpc) is 3.51. The lowest BCUT2D eigenvalue weighted by atomic mass is 9.91. The van der Waals surface area contributed by atoms with E-state index in [0.717, 1.165) is 23.3 Å². The predicted molar refractivity (Wildman–Crippen MR) is 171 cm³/mol. The molecule has 46 heavy (non-hydrogen) atoms. The van der Waals surface area contributed by atoms with Crippen molar-refractivity contribution < 1.29 is 27.8 Å². The van der Waals surface area contributed by atoms with Crippen molar-refractivity contribution in [3.63, 3.8) is 0 Å². The molecule has 2 amide bonds. The van der Waals surface area contributed by atoms with E-state index in [1.807, 2.05) is 45.9 Å². The van der Waals surface area contributed by atoms with Crippen LogP contribution in [0.1, 0.15) is 67.2 Å². The highest BCUT2D eigenvalue weighted by Gasteiger charge is 2.38. The number of fused-ring (bicyclic) bond motifs is 1. The van der Waals surface area contributed by atoms with Crippen LogP contribution in [0.25, 0.3) is 11.4 Å². The van der Waals surface area contributed by atoms with Gasteiger partial charge in [0.1, 0.15) is 34.5 Å². The largest absolute Gasteiger partial charge is 0.497 e. The van der Waals surface area contributed by atoms with E-state index in [-0.39, 0.29) is 59.1 Å². The number of benzene rings is 3. The topological polar surface area (TPSA) is 106 Å². The second-order valence-electron chi connectivity index (χ2n) is 11.5. The van der Waals surface area contributed by atoms with Crippen LogP contribution in [0.2, 0.25) is 0 Å². The van der Waals surface area contributed by atoms with Crippen molar-refractivity contribution in [3.05, 3.63) is 94.7 Å². The van der Waals surface area contributed by atoms with Gasteiger partial charge in [-0.15, -0.1) is 0 Å². The van der Waals surface area contributed by atoms with Gasteiger partial charge < -0.3 is 25.0 Å². The number of nitrogens with one attached hydrogen (secondary N) is 2. The smallest absolute Gasteiger partial charge is 0.260 e. The van der Waals surface area contributed by atoms with Gasteiger partial charge in [-0.25, -0.2) is 18.7 Å². The lowest BCUT2D eigenvalue weighted by Crippen LogP contribution is -2.34. The maximum Gasteiger partial charge on any atom is 0.260 e. The maximum absolute atomic E-state index is 14.8. The summed E-state index contributed by atoms with van der Waals surface area (Å²) in [5.41, 5.74) is 2.05. The van der Waals surface area contributed by atoms with Crippen molar-refractivity contribution in [1.29, 1.82) is 0 Å². The molecular formula is C35H37F2N5O4. The number of ether oxygens (including phenoxy) is 2. The summed E-state index contributed by atoms with van der Waals surface area (Å²) >= 11 is 0. The highest BCUT2D eigenvalue weighted by Crippen LogP contribution is 2.37. The van der Waals surface area contributed by atoms with Crippen LogP contribution in [0.5, 0.6) is 11.5 Å². The second-order valence-corrected chi connectivity index (χ2v) is 11.5. The monoisotopic (exact) mass is 629 g/mol. The Labute approximate surface area is 267 Å². The highest BCUT2D eigenvalue weighted by molar-refractivity contribution is 6.03. The van der Waals surface area contributed by atoms with Gasteiger partial charge in [0.25, 0.3) is 5.91 Å². The molecule has 1 aromatic heterocycles. The van der Waals surface area contributed by atoms with E-state index in [9.17, 15) is 18.4 Å². The summed E-state index contributed by atoms with van der Waals surface area (Å²) in [5.74, 6) is -1.19. The van der Waals surface area contributed by atoms with E-state index >= 15 is 0 Å². The normalized spacial score (nSPS) is 16.3. The van der Waals surface area contributed by atoms with Crippen LogP contribution < -0.4 is 20.1 Å². The molecule has 0 spiro atoms. The first-order valence-corrected chi connectivity index (χ1v) is 15.1. The van der Waals surface area contributed by atoms with Gasteiger partial charge in [0.15, 0.2) is 5.82 Å². The van der Waals surface area contributed by atoms with Gasteiger partial charge in [0.2, 0.25) is 5.91 Å². The zero-order valence-corrected chi connectivity index (χ0v) is 26.7. The Balaban J connectivity index is 0.00000204. The summed E-state index contributed by atoms with van der Waals surface area (Å²) < 4.78 is 40.5. The molecule has 1 unspecified atom stereocenters. The van der Waals surface area contributed by atoms with Gasteiger partial charge in [-0.2, -0.15) is 0 Å². The summed E-state index contributed by atoms with van der Waals surface area (Å²) in [6.45, 7) is 8.25. The van der Waals surface area contributed by atoms with Crippen molar-refractivity contribution in [2.24, 2.45) is 0 Å². The number of rotatable bonds is 8. The molecule has 1 fully saturated rings. The first-order valence-electron chi connectivity index (χ1n) is 15.1. The zero-order valence-electron chi connectivity index (χ0n) is 26.7. The Morgan fingerprint density at radius 1 is 0.957 bits per heavy atom. The van der Waals surface area contributed by atoms with Crippen LogP contribution in [0, 0.1) is 11.6 Å². The molecule has 3 heterocycles. The van der Waals surface area contributed by atoms with E-state index < -0.39 is 11.6 Å². The molecule has 2 aliphatic rings. The summed E-state index contributed by atoms with van der Waals surface area (Å²) in [7, 11) is 3.09. The quantitative estimate of drug-likeness (QED) is 0.222. The minimum absolute atomic E-state index is 0.0277. The van der Waals surface area contributed by atoms with E-state index in [1.165, 1.54) is 13.2 Å². The highest BCUT2D eigenvalue weighted by atomic mass is 19.1. The van der Waals surface area contributed by atoms with Gasteiger partial charge in [-0.1, -0.05) is 32.0 Å². The van der Waals surface area contributed by atoms with E-state index in [4.69, 9.17) is 9.47 Å². The number of carbonyl (C=O) groups excluding carboxylic acids is 2. The second kappa shape index (κ2) is 13.1. The number of aromatic nitrogens is 2. The molecule has 240 valence electrons. The number of hydrogen-bond donors (Lipinski definition) is 2. The Morgan fingerprint density at radius 2 is 1.65 bits per heavy atom. The molecule has 1 saturated heterocycles. The average molecular weight is 630 g/mol. The number of nitrogens with zero attached hydrogens (tertiary/aromatic N) is 3. The molecule has 9 nitrogen and oxygen atoms in total. The molecule has 1 atom stereocenters. The molecule has 3 aromatic carbocycles. The molecule has 0 aliphatic carbocycles. The molecule has 0 saturated carbocycles. The number of halogens is 2. The number of carbonyl (C=O) groups is 2. The van der Waals surface area contributed by atoms with Crippen LogP contribution in [0.3, 0.4) is 0 Å². The third-order valence-electron chi connectivity index (χ3n) is 7.94. The summed E-state index contributed by atoms with van der Waals surface area (Å²) in [6.07, 6.45) is 0.666. The Kier molecular flexibility index (Phi) is 9.22. The number of amides is 2. The molecule has 2 aliphatic heterocycles. The van der Waals surface area contributed by atoms with Crippen LogP contribution in [-0.4, -0.2) is 46.4 Å². The van der Waals surface area contributed by atoms with Gasteiger partial charge in [-0.05, 0) is 62.2 Å². The van der Waals surface area contributed by atoms with Crippen molar-refractivity contribution >= 4 is 23.3 Å². The predicted octanol–water partition coefficient (Wildman–Crippen LogP) is 6.75. The number of methoxy groups -OCH3 is 2. The molecule has 0 bridgehead atoms. The first kappa shape index (κ1) is 32.3. The fourth-order valence-electron chi connectivity index (χ4n) is 5.77. The van der Waals surface area contributed by atoms with Gasteiger partial charge in [0.05, 0.1) is 44.5 Å². The molecule has 6 rings (SSSR count). The van der Waals surface area contributed by atoms with Gasteiger partial charge in [0, 0.05) is 22.9 Å². The Hall–Kier alpha value is -5.06. The minimum Gasteiger partial charge on any atom is -0.497 e. The number of hydrogen-bond acceptors (Lipinski definition) is 7. The molecule has 4 aromatic rings. The van der Waals surface area contributed by atoms with Crippen LogP contribution >= 0.6 is 0 Å². The summed E-state index contributed by atoms with van der Waals surface area (Å²) in [6, 6.07) is 16.1. The summed E-state index contributed by atoms with van der Waals surface area (Å²) in [5, 5.41) is 6.17. The minimum atomic E-state index is -0.817. The number of anilines is 2. The van der Waals surface area contributed by atoms with Gasteiger partial charge >= 0.3 is 0 Å². The third-order valence-corrected chi connectivity index (χ3v) is 7.94. The lowest BCUT2D eigenvalue weighted by molar-refractivity contribution is -0.120. The zero-order chi connectivity index (χ0) is 33.2. The molecule has 0 radical (unpaired) electrons. The fourth-order valence-corrected chi connectivity index (χ4v) is 5.77. The standard InChI is InChI=1S/C33H31F2N5O4.C2H6/c1-33(2)15-22(31(41)39-33)18-8-11-20(12-9-18)36-30-28-25(37-29(38-30)27-23(34)6-5-7-24(27)35)17-40(32(28)42)16-19-10-13-21(43-3)14-26(19)44-4;1-2/h5-14,22H,15-17H2,1-4H3,(H,39,41)(H,36,37,38);1-2H3. The third kappa shape index (κ3) is 6.35. The Bertz CT molecular complexity index is 1760. The molecular weight excluding hydrogens is 592 g/mol. The first-order chi connectivity index (χ1) is 22.1. The van der Waals surface area contributed by atoms with Crippen LogP contribution in [-0.2, 0) is 17.9 Å². The van der Waals surface area contributed by atoms with Crippen molar-refractivity contribution in [1.82, 2.24) is 20.2 Å². The molecule has 11 heteroatoms. The molecule has 2 N–H and O–H groups in total. The fraction of sp³-hybridized carbons (Fsp3) is 0.314. The van der Waals surface area contributed by atoms with Crippen LogP contribution in [0.15, 0.2) is 60.7 Å².